The van der Waals surface area contributed by atoms with Crippen LogP contribution in [0.5, 0.6) is 0 Å². The quantitative estimate of drug-likeness (QED) is 0.502. The highest BCUT2D eigenvalue weighted by atomic mass is 32.2. The molecule has 0 aromatic carbocycles. The Bertz CT molecular complexity index is 32.0. The SMILES string of the molecule is CC(C)SOF. The summed E-state index contributed by atoms with van der Waals surface area (Å²) in [5.74, 6) is 0. The predicted molar refractivity (Wildman–Crippen MR) is 24.9 cm³/mol. The van der Waals surface area contributed by atoms with E-state index in [1.807, 2.05) is 13.8 Å². The van der Waals surface area contributed by atoms with Gasteiger partial charge in [-0.05, 0) is 4.53 Å². The van der Waals surface area contributed by atoms with E-state index in [1.165, 1.54) is 0 Å². The predicted octanol–water partition coefficient (Wildman–Crippen LogP) is 1.94. The number of hydrogen-bond acceptors (Lipinski definition) is 2. The van der Waals surface area contributed by atoms with Crippen molar-refractivity contribution in [2.75, 3.05) is 0 Å². The second-order valence-electron chi connectivity index (χ2n) is 1.21. The van der Waals surface area contributed by atoms with Crippen LogP contribution in [-0.2, 0) is 4.39 Å². The highest BCUT2D eigenvalue weighted by Gasteiger charge is 1.90. The molecule has 0 aromatic heterocycles. The molecular formula is C3H7FOS. The molecule has 0 aromatic rings. The van der Waals surface area contributed by atoms with Gasteiger partial charge in [0.15, 0.2) is 0 Å². The van der Waals surface area contributed by atoms with Crippen molar-refractivity contribution >= 4 is 12.0 Å². The summed E-state index contributed by atoms with van der Waals surface area (Å²) in [6.45, 7) is 3.70. The first-order valence-corrected chi connectivity index (χ1v) is 2.52. The van der Waals surface area contributed by atoms with Crippen molar-refractivity contribution < 1.29 is 8.91 Å². The van der Waals surface area contributed by atoms with Gasteiger partial charge in [-0.1, -0.05) is 13.8 Å². The summed E-state index contributed by atoms with van der Waals surface area (Å²) in [7, 11) is 0. The molecular weight excluding hydrogens is 103 g/mol. The molecule has 0 aliphatic heterocycles. The first-order chi connectivity index (χ1) is 2.77. The summed E-state index contributed by atoms with van der Waals surface area (Å²) in [6, 6.07) is 0. The third-order valence-electron chi connectivity index (χ3n) is 0.229. The van der Waals surface area contributed by atoms with Gasteiger partial charge in [0, 0.05) is 17.3 Å². The van der Waals surface area contributed by atoms with Gasteiger partial charge in [-0.3, -0.25) is 0 Å². The van der Waals surface area contributed by atoms with Gasteiger partial charge in [0.1, 0.15) is 0 Å². The van der Waals surface area contributed by atoms with E-state index in [2.05, 4.69) is 4.39 Å². The summed E-state index contributed by atoms with van der Waals surface area (Å²) < 4.78 is 13.9. The van der Waals surface area contributed by atoms with E-state index in [1.54, 1.807) is 0 Å². The first kappa shape index (κ1) is 6.24. The second-order valence-corrected chi connectivity index (χ2v) is 2.47. The van der Waals surface area contributed by atoms with Gasteiger partial charge < -0.3 is 0 Å². The van der Waals surface area contributed by atoms with Crippen molar-refractivity contribution in [3.05, 3.63) is 0 Å². The zero-order chi connectivity index (χ0) is 4.99. The van der Waals surface area contributed by atoms with Crippen LogP contribution in [0.15, 0.2) is 0 Å². The average molecular weight is 110 g/mol. The maximum absolute atomic E-state index is 10.7. The van der Waals surface area contributed by atoms with Crippen LogP contribution < -0.4 is 0 Å². The standard InChI is InChI=1S/C3H7FOS/c1-3(2)6-5-4/h3H,1-2H3. The van der Waals surface area contributed by atoms with Gasteiger partial charge in [-0.25, -0.2) is 0 Å². The monoisotopic (exact) mass is 110 g/mol. The lowest BCUT2D eigenvalue weighted by Crippen LogP contribution is -1.81. The average Bonchev–Trinajstić information content (AvgIpc) is 1.35. The van der Waals surface area contributed by atoms with Crippen LogP contribution in [0.2, 0.25) is 0 Å². The molecule has 1 nitrogen and oxygen atoms in total. The molecule has 0 amide bonds. The molecule has 0 aliphatic carbocycles. The van der Waals surface area contributed by atoms with Crippen molar-refractivity contribution in [1.82, 2.24) is 0 Å². The van der Waals surface area contributed by atoms with E-state index in [0.29, 0.717) is 0 Å². The third-order valence-corrected chi connectivity index (χ3v) is 0.686. The Morgan fingerprint density at radius 1 is 1.67 bits per heavy atom. The molecule has 0 atom stereocenters. The fourth-order valence-corrected chi connectivity index (χ4v) is 0.218. The van der Waals surface area contributed by atoms with Gasteiger partial charge in [0.05, 0.1) is 0 Å². The molecule has 0 bridgehead atoms. The lowest BCUT2D eigenvalue weighted by molar-refractivity contribution is 0.0223. The third kappa shape index (κ3) is 4.24. The molecule has 0 rings (SSSR count). The van der Waals surface area contributed by atoms with Gasteiger partial charge >= 0.3 is 0 Å². The van der Waals surface area contributed by atoms with Gasteiger partial charge in [-0.2, -0.15) is 0 Å². The fraction of sp³-hybridized carbons (Fsp3) is 1.00. The molecule has 0 saturated heterocycles. The molecule has 3 heteroatoms. The molecule has 0 radical (unpaired) electrons. The molecule has 0 heterocycles. The van der Waals surface area contributed by atoms with Gasteiger partial charge in [0.25, 0.3) is 0 Å². The number of halogens is 1. The molecule has 0 aliphatic rings. The topological polar surface area (TPSA) is 9.23 Å². The van der Waals surface area contributed by atoms with Crippen molar-refractivity contribution in [2.24, 2.45) is 0 Å². The van der Waals surface area contributed by atoms with Gasteiger partial charge in [-0.15, -0.1) is 4.39 Å². The molecule has 0 fully saturated rings. The van der Waals surface area contributed by atoms with Crippen molar-refractivity contribution in [3.8, 4) is 0 Å². The van der Waals surface area contributed by atoms with Crippen molar-refractivity contribution in [2.45, 2.75) is 19.1 Å². The van der Waals surface area contributed by atoms with Crippen molar-refractivity contribution in [1.29, 1.82) is 0 Å². The van der Waals surface area contributed by atoms with Crippen LogP contribution in [-0.4, -0.2) is 5.25 Å². The summed E-state index contributed by atoms with van der Waals surface area (Å²) in [5, 5.41) is 0.218. The summed E-state index contributed by atoms with van der Waals surface area (Å²) in [6.07, 6.45) is 0. The highest BCUT2D eigenvalue weighted by molar-refractivity contribution is 7.95. The molecule has 0 N–H and O–H groups in total. The normalized spacial score (nSPS) is 10.0. The first-order valence-electron chi connectivity index (χ1n) is 1.71. The summed E-state index contributed by atoms with van der Waals surface area (Å²) in [5.41, 5.74) is 0. The van der Waals surface area contributed by atoms with Crippen LogP contribution in [0.3, 0.4) is 0 Å². The maximum Gasteiger partial charge on any atom is 0.0399 e. The van der Waals surface area contributed by atoms with Crippen LogP contribution in [0.4, 0.5) is 4.53 Å². The maximum atomic E-state index is 10.7. The van der Waals surface area contributed by atoms with Crippen LogP contribution in [0.1, 0.15) is 13.8 Å². The van der Waals surface area contributed by atoms with E-state index in [0.717, 1.165) is 12.0 Å². The minimum Gasteiger partial charge on any atom is -0.120 e. The Balaban J connectivity index is 2.63. The minimum absolute atomic E-state index is 0.218. The molecule has 0 saturated carbocycles. The summed E-state index contributed by atoms with van der Waals surface area (Å²) >= 11 is 0.819. The summed E-state index contributed by atoms with van der Waals surface area (Å²) in [4.78, 5) is 0. The van der Waals surface area contributed by atoms with E-state index in [-0.39, 0.29) is 5.25 Å². The van der Waals surface area contributed by atoms with Crippen LogP contribution in [0, 0.1) is 0 Å². The highest BCUT2D eigenvalue weighted by Crippen LogP contribution is 2.09. The van der Waals surface area contributed by atoms with E-state index >= 15 is 0 Å². The Hall–Kier alpha value is 0.240. The molecule has 6 heavy (non-hydrogen) atoms. The van der Waals surface area contributed by atoms with Crippen molar-refractivity contribution in [3.63, 3.8) is 0 Å². The molecule has 38 valence electrons. The largest absolute Gasteiger partial charge is 0.120 e. The number of hydrogen-bond donors (Lipinski definition) is 0. The van der Waals surface area contributed by atoms with E-state index in [4.69, 9.17) is 0 Å². The Morgan fingerprint density at radius 3 is 2.17 bits per heavy atom. The molecule has 0 unspecified atom stereocenters. The zero-order valence-corrected chi connectivity index (χ0v) is 4.59. The Kier molecular flexibility index (Phi) is 3.57. The van der Waals surface area contributed by atoms with Crippen LogP contribution >= 0.6 is 12.0 Å². The fourth-order valence-electron chi connectivity index (χ4n) is 0.0727. The second kappa shape index (κ2) is 3.43. The Morgan fingerprint density at radius 2 is 2.17 bits per heavy atom. The lowest BCUT2D eigenvalue weighted by Gasteiger charge is -1.91. The van der Waals surface area contributed by atoms with Crippen LogP contribution in [0.25, 0.3) is 0 Å². The minimum atomic E-state index is 0.218. The Labute approximate surface area is 41.0 Å². The zero-order valence-electron chi connectivity index (χ0n) is 3.77. The van der Waals surface area contributed by atoms with E-state index in [9.17, 15) is 4.53 Å². The smallest absolute Gasteiger partial charge is 0.0399 e. The van der Waals surface area contributed by atoms with Gasteiger partial charge in [0.2, 0.25) is 0 Å². The van der Waals surface area contributed by atoms with E-state index < -0.39 is 0 Å². The molecule has 0 spiro atoms. The lowest BCUT2D eigenvalue weighted by atomic mass is 10.6. The number of rotatable bonds is 2.